The van der Waals surface area contributed by atoms with Crippen LogP contribution in [0.1, 0.15) is 6.92 Å². The van der Waals surface area contributed by atoms with Crippen molar-refractivity contribution in [2.75, 3.05) is 0 Å². The van der Waals surface area contributed by atoms with E-state index in [0.717, 1.165) is 0 Å². The van der Waals surface area contributed by atoms with Crippen molar-refractivity contribution in [3.8, 4) is 5.92 Å². The van der Waals surface area contributed by atoms with Gasteiger partial charge in [0.2, 0.25) is 0 Å². The summed E-state index contributed by atoms with van der Waals surface area (Å²) < 4.78 is 0. The fourth-order valence-corrected chi connectivity index (χ4v) is 4.48. The van der Waals surface area contributed by atoms with Crippen molar-refractivity contribution in [3.05, 3.63) is 97.4 Å². The third kappa shape index (κ3) is 5.83. The minimum absolute atomic E-state index is 0. The third-order valence-corrected chi connectivity index (χ3v) is 5.49. The number of hydrogen-bond acceptors (Lipinski definition) is 0. The molecule has 0 saturated heterocycles. The van der Waals surface area contributed by atoms with Crippen LogP contribution >= 0.6 is 7.92 Å². The van der Waals surface area contributed by atoms with Crippen LogP contribution in [-0.4, -0.2) is 0 Å². The van der Waals surface area contributed by atoms with E-state index in [4.69, 9.17) is 6.42 Å². The summed E-state index contributed by atoms with van der Waals surface area (Å²) in [5.74, 6) is 2.00. The average Bonchev–Trinajstić information content (AvgIpc) is 2.59. The molecule has 0 saturated carbocycles. The monoisotopic (exact) mass is 498 g/mol. The molecule has 0 heterocycles. The maximum Gasteiger partial charge on any atom is 1.00 e. The minimum atomic E-state index is -0.446. The van der Waals surface area contributed by atoms with Crippen molar-refractivity contribution in [2.24, 2.45) is 0 Å². The van der Waals surface area contributed by atoms with Gasteiger partial charge in [-0.25, -0.2) is 0 Å². The van der Waals surface area contributed by atoms with Gasteiger partial charge in [0, 0.05) is 0 Å². The van der Waals surface area contributed by atoms with Gasteiger partial charge in [0.1, 0.15) is 0 Å². The van der Waals surface area contributed by atoms with Gasteiger partial charge >= 0.3 is 22.4 Å². The minimum Gasteiger partial charge on any atom is -0.694 e. The molecule has 0 amide bonds. The van der Waals surface area contributed by atoms with Crippen LogP contribution in [-0.2, 0) is 22.4 Å². The topological polar surface area (TPSA) is 0 Å². The molecule has 118 valence electrons. The smallest absolute Gasteiger partial charge is 0.694 e. The third-order valence-electron chi connectivity index (χ3n) is 3.04. The Morgan fingerprint density at radius 3 is 1.04 bits per heavy atom. The van der Waals surface area contributed by atoms with E-state index in [1.165, 1.54) is 15.9 Å². The predicted octanol–water partition coefficient (Wildman–Crippen LogP) is 4.04. The zero-order chi connectivity index (χ0) is 15.6. The Morgan fingerprint density at radius 1 is 0.609 bits per heavy atom. The van der Waals surface area contributed by atoms with Crippen molar-refractivity contribution in [1.82, 2.24) is 0 Å². The van der Waals surface area contributed by atoms with Crippen LogP contribution in [0, 0.1) is 12.3 Å². The summed E-state index contributed by atoms with van der Waals surface area (Å²) in [6, 6.07) is 32.3. The van der Waals surface area contributed by atoms with Gasteiger partial charge in [-0.05, 0) is 30.8 Å². The number of benzene rings is 3. The van der Waals surface area contributed by atoms with E-state index in [-0.39, 0.29) is 22.4 Å². The summed E-state index contributed by atoms with van der Waals surface area (Å²) in [7, 11) is -0.446. The van der Waals surface area contributed by atoms with Crippen LogP contribution in [0.15, 0.2) is 91.0 Å². The molecule has 0 N–H and O–H groups in total. The first kappa shape index (κ1) is 19.4. The van der Waals surface area contributed by atoms with Gasteiger partial charge < -0.3 is 12.3 Å². The van der Waals surface area contributed by atoms with Gasteiger partial charge in [-0.3, -0.25) is 0 Å². The Balaban J connectivity index is 0.000000615. The van der Waals surface area contributed by atoms with Crippen molar-refractivity contribution >= 4 is 23.8 Å². The molecule has 0 fully saturated rings. The molecule has 0 nitrogen and oxygen atoms in total. The Bertz CT molecular complexity index is 609. The summed E-state index contributed by atoms with van der Waals surface area (Å²) >= 11 is 0. The maximum atomic E-state index is 5.96. The Morgan fingerprint density at radius 2 is 0.826 bits per heavy atom. The second-order valence-corrected chi connectivity index (χ2v) is 6.81. The van der Waals surface area contributed by atoms with E-state index in [1.807, 2.05) is 5.92 Å². The molecule has 0 aliphatic heterocycles. The second kappa shape index (κ2) is 11.0. The van der Waals surface area contributed by atoms with Crippen molar-refractivity contribution < 1.29 is 22.4 Å². The number of hydrogen-bond donors (Lipinski definition) is 0. The van der Waals surface area contributed by atoms with Crippen molar-refractivity contribution in [2.45, 2.75) is 6.92 Å². The van der Waals surface area contributed by atoms with Crippen LogP contribution in [0.3, 0.4) is 0 Å². The average molecular weight is 498 g/mol. The first-order valence-corrected chi connectivity index (χ1v) is 8.49. The Labute approximate surface area is 156 Å². The maximum absolute atomic E-state index is 5.96. The van der Waals surface area contributed by atoms with Crippen LogP contribution in [0.2, 0.25) is 0 Å². The molecule has 0 spiro atoms. The van der Waals surface area contributed by atoms with E-state index < -0.39 is 7.92 Å². The summed E-state index contributed by atoms with van der Waals surface area (Å²) in [5.41, 5.74) is 0. The van der Waals surface area contributed by atoms with Crippen molar-refractivity contribution in [3.63, 3.8) is 0 Å². The zero-order valence-corrected chi connectivity index (χ0v) is 16.0. The van der Waals surface area contributed by atoms with Gasteiger partial charge in [-0.2, -0.15) is 0 Å². The van der Waals surface area contributed by atoms with E-state index in [1.54, 1.807) is 6.92 Å². The van der Waals surface area contributed by atoms with Crippen molar-refractivity contribution in [1.29, 1.82) is 0 Å². The Kier molecular flexibility index (Phi) is 9.30. The second-order valence-electron chi connectivity index (χ2n) is 4.59. The van der Waals surface area contributed by atoms with Crippen LogP contribution in [0.25, 0.3) is 0 Å². The molecule has 3 aromatic carbocycles. The fourth-order valence-electron chi connectivity index (χ4n) is 2.18. The molecule has 3 rings (SSSR count). The van der Waals surface area contributed by atoms with Crippen LogP contribution < -0.4 is 15.9 Å². The van der Waals surface area contributed by atoms with E-state index in [2.05, 4.69) is 91.0 Å². The van der Waals surface area contributed by atoms with Gasteiger partial charge in [0.15, 0.2) is 0 Å². The van der Waals surface area contributed by atoms with Gasteiger partial charge in [0.25, 0.3) is 0 Å². The zero-order valence-electron chi connectivity index (χ0n) is 12.9. The summed E-state index contributed by atoms with van der Waals surface area (Å²) in [4.78, 5) is 0. The number of rotatable bonds is 3. The molecule has 0 radical (unpaired) electrons. The summed E-state index contributed by atoms with van der Waals surface area (Å²) in [6.07, 6.45) is 5.96. The molecule has 2 heteroatoms. The molecule has 0 atom stereocenters. The molecule has 23 heavy (non-hydrogen) atoms. The van der Waals surface area contributed by atoms with Gasteiger partial charge in [-0.15, -0.1) is 0 Å². The van der Waals surface area contributed by atoms with Gasteiger partial charge in [0.05, 0.1) is 0 Å². The molecule has 0 bridgehead atoms. The van der Waals surface area contributed by atoms with E-state index in [9.17, 15) is 0 Å². The quantitative estimate of drug-likeness (QED) is 0.222. The van der Waals surface area contributed by atoms with E-state index >= 15 is 0 Å². The molecule has 0 aliphatic rings. The normalized spacial score (nSPS) is 9.09. The SMILES string of the molecule is [Au+].[C-]#CC.c1ccc(P(c2ccccc2)c2ccccc2)cc1. The first-order chi connectivity index (χ1) is 10.9. The molecule has 0 aliphatic carbocycles. The van der Waals surface area contributed by atoms with Crippen LogP contribution in [0.4, 0.5) is 0 Å². The molecular formula is C21H18AuP. The van der Waals surface area contributed by atoms with E-state index in [0.29, 0.717) is 0 Å². The molecule has 0 aromatic heterocycles. The largest absolute Gasteiger partial charge is 1.00 e. The molecule has 3 aromatic rings. The molecular weight excluding hydrogens is 480 g/mol. The van der Waals surface area contributed by atoms with Gasteiger partial charge in [-0.1, -0.05) is 91.0 Å². The van der Waals surface area contributed by atoms with Crippen LogP contribution in [0.5, 0.6) is 0 Å². The standard InChI is InChI=1S/C18H15P.C3H3.Au/c1-4-10-16(11-5-1)19(17-12-6-2-7-13-17)18-14-8-3-9-15-18;1-3-2;/h1-15H;1H3;/q;-1;+1. The Hall–Kier alpha value is -1.61. The first-order valence-electron chi connectivity index (χ1n) is 7.15. The fraction of sp³-hybridized carbons (Fsp3) is 0.0476. The predicted molar refractivity (Wildman–Crippen MR) is 98.0 cm³/mol. The molecule has 0 unspecified atom stereocenters. The summed E-state index contributed by atoms with van der Waals surface area (Å²) in [6.45, 7) is 1.54. The summed E-state index contributed by atoms with van der Waals surface area (Å²) in [5, 5.41) is 4.19.